The first-order valence-corrected chi connectivity index (χ1v) is 18.3. The highest BCUT2D eigenvalue weighted by Crippen LogP contribution is 2.73. The fraction of sp³-hybridized carbons (Fsp3) is 0.463. The Morgan fingerprint density at radius 2 is 1.16 bits per heavy atom. The molecule has 2 spiro atoms. The molecule has 2 saturated heterocycles. The van der Waals surface area contributed by atoms with Gasteiger partial charge in [0.25, 0.3) is 0 Å². The Hall–Kier alpha value is -4.02. The van der Waals surface area contributed by atoms with Gasteiger partial charge in [0.1, 0.15) is 0 Å². The average Bonchev–Trinajstić information content (AvgIpc) is 3.73. The van der Waals surface area contributed by atoms with Crippen molar-refractivity contribution in [3.05, 3.63) is 105 Å². The maximum Gasteiger partial charge on any atom is 0.166 e. The van der Waals surface area contributed by atoms with E-state index in [1.807, 2.05) is 18.2 Å². The maximum atomic E-state index is 13.4. The molecule has 4 N–H and O–H groups in total. The molecule has 50 heavy (non-hydrogen) atoms. The highest BCUT2D eigenvalue weighted by molar-refractivity contribution is 5.69. The molecule has 8 atom stereocenters. The number of benzene rings is 3. The molecule has 4 aromatic rings. The number of nitrogens with zero attached hydrogens (tertiary/aromatic N) is 3. The summed E-state index contributed by atoms with van der Waals surface area (Å²) in [6.07, 6.45) is 2.55. The summed E-state index contributed by atoms with van der Waals surface area (Å²) in [5.74, 6) is 1.26. The molecular weight excluding hydrogens is 630 g/mol. The summed E-state index contributed by atoms with van der Waals surface area (Å²) in [5, 5.41) is 49.5. The summed E-state index contributed by atoms with van der Waals surface area (Å²) in [6, 6.07) is 17.8. The molecule has 2 fully saturated rings. The highest BCUT2D eigenvalue weighted by Gasteiger charge is 2.76. The quantitative estimate of drug-likeness (QED) is 0.255. The van der Waals surface area contributed by atoms with Crippen LogP contribution in [0.3, 0.4) is 0 Å². The molecule has 0 amide bonds. The lowest BCUT2D eigenvalue weighted by molar-refractivity contribution is -0.170. The van der Waals surface area contributed by atoms with Crippen molar-refractivity contribution < 1.29 is 29.9 Å². The van der Waals surface area contributed by atoms with Gasteiger partial charge in [0.15, 0.2) is 35.2 Å². The minimum atomic E-state index is -1.15. The van der Waals surface area contributed by atoms with Crippen LogP contribution in [0, 0.1) is 0 Å². The van der Waals surface area contributed by atoms with Gasteiger partial charge in [-0.25, -0.2) is 0 Å². The van der Waals surface area contributed by atoms with Gasteiger partial charge in [0, 0.05) is 42.6 Å². The van der Waals surface area contributed by atoms with Gasteiger partial charge in [0.2, 0.25) is 0 Å². The van der Waals surface area contributed by atoms with Crippen molar-refractivity contribution in [1.82, 2.24) is 14.4 Å². The normalized spacial score (nSPS) is 37.7. The van der Waals surface area contributed by atoms with Crippen LogP contribution in [-0.2, 0) is 43.1 Å². The number of aromatic hydroxyl groups is 2. The smallest absolute Gasteiger partial charge is 0.166 e. The number of hydrogen-bond donors (Lipinski definition) is 4. The highest BCUT2D eigenvalue weighted by atomic mass is 16.5. The Morgan fingerprint density at radius 1 is 0.680 bits per heavy atom. The first-order chi connectivity index (χ1) is 24.1. The number of likely N-dealkylation sites (N-methyl/N-ethyl adjacent to an activating group) is 2. The van der Waals surface area contributed by atoms with Gasteiger partial charge < -0.3 is 44.3 Å². The van der Waals surface area contributed by atoms with E-state index in [2.05, 4.69) is 52.7 Å². The molecule has 9 heteroatoms. The van der Waals surface area contributed by atoms with Crippen LogP contribution in [0.2, 0.25) is 0 Å². The molecule has 8 aliphatic rings. The van der Waals surface area contributed by atoms with Gasteiger partial charge in [0.05, 0.1) is 33.4 Å². The summed E-state index contributed by atoms with van der Waals surface area (Å²) in [6.45, 7) is 2.20. The molecule has 0 radical (unpaired) electrons. The summed E-state index contributed by atoms with van der Waals surface area (Å²) < 4.78 is 16.6. The Kier molecular flexibility index (Phi) is 4.99. The van der Waals surface area contributed by atoms with Gasteiger partial charge in [-0.15, -0.1) is 0 Å². The Bertz CT molecular complexity index is 2080. The number of aliphatic hydroxyl groups is 2. The Morgan fingerprint density at radius 3 is 1.64 bits per heavy atom. The van der Waals surface area contributed by atoms with Crippen molar-refractivity contribution in [2.45, 2.75) is 91.4 Å². The predicted octanol–water partition coefficient (Wildman–Crippen LogP) is 3.79. The van der Waals surface area contributed by atoms with E-state index < -0.39 is 34.2 Å². The lowest BCUT2D eigenvalue weighted by Gasteiger charge is -2.63. The molecule has 9 nitrogen and oxygen atoms in total. The van der Waals surface area contributed by atoms with Crippen molar-refractivity contribution in [2.24, 2.45) is 0 Å². The Labute approximate surface area is 290 Å². The third kappa shape index (κ3) is 2.81. The number of phenolic OH excluding ortho intramolecular Hbond substituents is 2. The minimum Gasteiger partial charge on any atom is -0.504 e. The minimum absolute atomic E-state index is 0.119. The predicted molar refractivity (Wildman–Crippen MR) is 183 cm³/mol. The molecule has 12 rings (SSSR count). The van der Waals surface area contributed by atoms with E-state index in [9.17, 15) is 20.4 Å². The molecule has 4 aliphatic carbocycles. The van der Waals surface area contributed by atoms with E-state index in [0.29, 0.717) is 56.6 Å². The largest absolute Gasteiger partial charge is 0.504 e. The van der Waals surface area contributed by atoms with Gasteiger partial charge in [-0.3, -0.25) is 0 Å². The van der Waals surface area contributed by atoms with E-state index in [1.54, 1.807) is 12.1 Å². The first-order valence-electron chi connectivity index (χ1n) is 18.3. The molecule has 4 aliphatic heterocycles. The summed E-state index contributed by atoms with van der Waals surface area (Å²) in [4.78, 5) is 4.64. The number of phenols is 2. The molecule has 0 saturated carbocycles. The van der Waals surface area contributed by atoms with E-state index in [1.165, 1.54) is 0 Å². The van der Waals surface area contributed by atoms with Crippen LogP contribution in [0.15, 0.2) is 54.6 Å². The maximum absolute atomic E-state index is 13.4. The van der Waals surface area contributed by atoms with E-state index >= 15 is 0 Å². The second-order valence-corrected chi connectivity index (χ2v) is 16.7. The third-order valence-corrected chi connectivity index (χ3v) is 15.1. The zero-order chi connectivity index (χ0) is 33.7. The number of fused-ring (bicyclic) bond motifs is 5. The summed E-state index contributed by atoms with van der Waals surface area (Å²) in [5.41, 5.74) is 5.75. The topological polar surface area (TPSA) is 111 Å². The lowest BCUT2D eigenvalue weighted by Crippen LogP contribution is -2.74. The average molecular weight is 672 g/mol. The van der Waals surface area contributed by atoms with Crippen molar-refractivity contribution in [1.29, 1.82) is 0 Å². The fourth-order valence-electron chi connectivity index (χ4n) is 13.1. The van der Waals surface area contributed by atoms with Crippen molar-refractivity contribution in [2.75, 3.05) is 27.2 Å². The summed E-state index contributed by atoms with van der Waals surface area (Å²) in [7, 11) is 4.24. The fourth-order valence-corrected chi connectivity index (χ4v) is 13.1. The van der Waals surface area contributed by atoms with Gasteiger partial charge in [-0.05, 0) is 92.8 Å². The SMILES string of the molecule is CN1CC[C@]23c4c5ccc(O)c4O[C@H]2c2c(c4c(n2Cc2ccccc2)[C@@H]2Oc6c(O)ccc7c6[C@@]26CCN(C)[C@H](C7)[C@]6(O)C4)C[C@@]3(O)[C@H]1C5. The second kappa shape index (κ2) is 8.70. The molecule has 1 aromatic heterocycles. The number of likely N-dealkylation sites (tertiary alicyclic amines) is 2. The van der Waals surface area contributed by atoms with Gasteiger partial charge >= 0.3 is 0 Å². The lowest BCUT2D eigenvalue weighted by atomic mass is 9.47. The number of ether oxygens (including phenoxy) is 2. The monoisotopic (exact) mass is 671 g/mol. The van der Waals surface area contributed by atoms with E-state index in [-0.39, 0.29) is 23.6 Å². The van der Waals surface area contributed by atoms with E-state index in [0.717, 1.165) is 63.4 Å². The molecule has 5 heterocycles. The molecular formula is C41H41N3O6. The van der Waals surface area contributed by atoms with Crippen LogP contribution in [-0.4, -0.2) is 85.3 Å². The van der Waals surface area contributed by atoms with Gasteiger partial charge in [-0.1, -0.05) is 42.5 Å². The van der Waals surface area contributed by atoms with Gasteiger partial charge in [-0.2, -0.15) is 0 Å². The number of hydrogen-bond acceptors (Lipinski definition) is 8. The second-order valence-electron chi connectivity index (χ2n) is 16.7. The third-order valence-electron chi connectivity index (χ3n) is 15.1. The van der Waals surface area contributed by atoms with Crippen LogP contribution in [0.4, 0.5) is 0 Å². The number of piperidine rings is 2. The van der Waals surface area contributed by atoms with Crippen molar-refractivity contribution in [3.63, 3.8) is 0 Å². The zero-order valence-corrected chi connectivity index (χ0v) is 28.3. The molecule has 3 aromatic carbocycles. The molecule has 256 valence electrons. The van der Waals surface area contributed by atoms with Crippen molar-refractivity contribution >= 4 is 0 Å². The summed E-state index contributed by atoms with van der Waals surface area (Å²) >= 11 is 0. The van der Waals surface area contributed by atoms with Crippen LogP contribution in [0.1, 0.15) is 75.4 Å². The zero-order valence-electron chi connectivity index (χ0n) is 28.3. The number of aromatic nitrogens is 1. The van der Waals surface area contributed by atoms with E-state index in [4.69, 9.17) is 9.47 Å². The Balaban J connectivity index is 1.18. The first kappa shape index (κ1) is 28.7. The van der Waals surface area contributed by atoms with Crippen LogP contribution in [0.25, 0.3) is 0 Å². The van der Waals surface area contributed by atoms with Crippen LogP contribution < -0.4 is 9.47 Å². The van der Waals surface area contributed by atoms with Crippen LogP contribution in [0.5, 0.6) is 23.0 Å². The molecule has 4 bridgehead atoms. The standard InChI is InChI=1S/C41H41N3O6/c1-42-14-12-38-30-22-8-10-26(45)34(30)49-36(38)32-24(18-40(38,47)28(42)16-22)25-19-41(48)29-17-23-9-11-27(46)35-31(23)39(41,13-15-43(29)2)37(50-35)33(25)44(32)20-21-6-4-3-5-7-21/h3-11,28-29,36-37,45-48H,12-20H2,1-2H3/t28-,29-,36+,37+,38+,39+,40-,41-/m1/s1. The number of rotatable bonds is 2. The van der Waals surface area contributed by atoms with Crippen molar-refractivity contribution in [3.8, 4) is 23.0 Å². The molecule has 0 unspecified atom stereocenters. The van der Waals surface area contributed by atoms with Crippen LogP contribution >= 0.6 is 0 Å².